The highest BCUT2D eigenvalue weighted by molar-refractivity contribution is 7.89. The van der Waals surface area contributed by atoms with Gasteiger partial charge in [-0.15, -0.1) is 0 Å². The Labute approximate surface area is 130 Å². The molecule has 0 aliphatic carbocycles. The minimum absolute atomic E-state index is 0.0780. The van der Waals surface area contributed by atoms with Gasteiger partial charge >= 0.3 is 0 Å². The Morgan fingerprint density at radius 3 is 2.18 bits per heavy atom. The summed E-state index contributed by atoms with van der Waals surface area (Å²) in [5.74, 6) is -0.301. The van der Waals surface area contributed by atoms with Crippen LogP contribution in [0.5, 0.6) is 0 Å². The number of rotatable bonds is 5. The summed E-state index contributed by atoms with van der Waals surface area (Å²) < 4.78 is 25.9. The Kier molecular flexibility index (Phi) is 4.97. The number of hydrogen-bond acceptors (Lipinski definition) is 4. The van der Waals surface area contributed by atoms with E-state index in [0.717, 1.165) is 17.1 Å². The van der Waals surface area contributed by atoms with Gasteiger partial charge in [-0.25, -0.2) is 8.42 Å². The molecule has 1 aliphatic rings. The van der Waals surface area contributed by atoms with Gasteiger partial charge in [0, 0.05) is 25.7 Å². The zero-order chi connectivity index (χ0) is 16.3. The van der Waals surface area contributed by atoms with E-state index in [2.05, 4.69) is 0 Å². The van der Waals surface area contributed by atoms with Gasteiger partial charge in [0.05, 0.1) is 11.4 Å². The van der Waals surface area contributed by atoms with E-state index in [9.17, 15) is 18.0 Å². The van der Waals surface area contributed by atoms with Crippen molar-refractivity contribution in [3.8, 4) is 0 Å². The summed E-state index contributed by atoms with van der Waals surface area (Å²) in [4.78, 5) is 25.0. The van der Waals surface area contributed by atoms with E-state index >= 15 is 0 Å². The zero-order valence-electron chi connectivity index (χ0n) is 12.8. The summed E-state index contributed by atoms with van der Waals surface area (Å²) in [5.41, 5.74) is 0.453. The number of ketones is 1. The van der Waals surface area contributed by atoms with Crippen molar-refractivity contribution in [1.82, 2.24) is 9.21 Å². The van der Waals surface area contributed by atoms with Crippen LogP contribution in [0.4, 0.5) is 0 Å². The van der Waals surface area contributed by atoms with Crippen molar-refractivity contribution in [3.05, 3.63) is 29.8 Å². The number of amides is 1. The van der Waals surface area contributed by atoms with Crippen LogP contribution in [-0.4, -0.2) is 56.0 Å². The van der Waals surface area contributed by atoms with Crippen molar-refractivity contribution in [3.63, 3.8) is 0 Å². The summed E-state index contributed by atoms with van der Waals surface area (Å²) >= 11 is 0. The molecule has 7 heteroatoms. The molecule has 0 saturated carbocycles. The molecule has 2 rings (SSSR count). The lowest BCUT2D eigenvalue weighted by Gasteiger charge is -2.21. The van der Waals surface area contributed by atoms with Crippen molar-refractivity contribution in [2.75, 3.05) is 26.7 Å². The van der Waals surface area contributed by atoms with Crippen LogP contribution in [0.25, 0.3) is 0 Å². The molecule has 0 bridgehead atoms. The predicted octanol–water partition coefficient (Wildman–Crippen LogP) is 1.13. The third-order valence-electron chi connectivity index (χ3n) is 3.79. The second-order valence-electron chi connectivity index (χ2n) is 5.43. The average molecular weight is 324 g/mol. The van der Waals surface area contributed by atoms with Crippen LogP contribution in [0.3, 0.4) is 0 Å². The smallest absolute Gasteiger partial charge is 0.243 e. The fourth-order valence-corrected chi connectivity index (χ4v) is 3.50. The molecule has 1 fully saturated rings. The Morgan fingerprint density at radius 2 is 1.68 bits per heavy atom. The Hall–Kier alpha value is -1.73. The van der Waals surface area contributed by atoms with Crippen LogP contribution >= 0.6 is 0 Å². The fraction of sp³-hybridized carbons (Fsp3) is 0.467. The first kappa shape index (κ1) is 16.6. The monoisotopic (exact) mass is 324 g/mol. The number of likely N-dealkylation sites (N-methyl/N-ethyl adjacent to an activating group) is 1. The number of carbonyl (C=O) groups is 2. The molecule has 1 aliphatic heterocycles. The SMILES string of the molecule is CC(=O)c1ccc(S(=O)(=O)N(C)CC(=O)N2CCCC2)cc1. The largest absolute Gasteiger partial charge is 0.342 e. The molecule has 6 nitrogen and oxygen atoms in total. The van der Waals surface area contributed by atoms with Gasteiger partial charge in [-0.05, 0) is 31.9 Å². The predicted molar refractivity (Wildman–Crippen MR) is 82.1 cm³/mol. The summed E-state index contributed by atoms with van der Waals surface area (Å²) in [6, 6.07) is 5.74. The highest BCUT2D eigenvalue weighted by Gasteiger charge is 2.26. The third-order valence-corrected chi connectivity index (χ3v) is 5.60. The van der Waals surface area contributed by atoms with Crippen LogP contribution in [0, 0.1) is 0 Å². The third kappa shape index (κ3) is 3.53. The van der Waals surface area contributed by atoms with Crippen molar-refractivity contribution in [2.24, 2.45) is 0 Å². The van der Waals surface area contributed by atoms with Crippen LogP contribution in [-0.2, 0) is 14.8 Å². The van der Waals surface area contributed by atoms with E-state index in [1.54, 1.807) is 4.90 Å². The first-order valence-corrected chi connectivity index (χ1v) is 8.61. The Balaban J connectivity index is 2.11. The summed E-state index contributed by atoms with van der Waals surface area (Å²) in [6.45, 7) is 2.64. The second kappa shape index (κ2) is 6.58. The molecule has 120 valence electrons. The maximum Gasteiger partial charge on any atom is 0.243 e. The molecule has 0 aromatic heterocycles. The number of hydrogen-bond donors (Lipinski definition) is 0. The maximum absolute atomic E-state index is 12.4. The molecule has 0 unspecified atom stereocenters. The summed E-state index contributed by atoms with van der Waals surface area (Å²) in [5, 5.41) is 0. The van der Waals surface area contributed by atoms with Crippen LogP contribution in [0.1, 0.15) is 30.1 Å². The molecule has 1 amide bonds. The Bertz CT molecular complexity index is 661. The second-order valence-corrected chi connectivity index (χ2v) is 7.47. The number of nitrogens with zero attached hydrogens (tertiary/aromatic N) is 2. The number of likely N-dealkylation sites (tertiary alicyclic amines) is 1. The van der Waals surface area contributed by atoms with Crippen LogP contribution < -0.4 is 0 Å². The first-order chi connectivity index (χ1) is 10.3. The highest BCUT2D eigenvalue weighted by atomic mass is 32.2. The highest BCUT2D eigenvalue weighted by Crippen LogP contribution is 2.16. The number of carbonyl (C=O) groups excluding carboxylic acids is 2. The number of Topliss-reactive ketones (excluding diaryl/α,β-unsaturated/α-hetero) is 1. The molecule has 1 aromatic rings. The number of benzene rings is 1. The number of sulfonamides is 1. The van der Waals surface area contributed by atoms with Gasteiger partial charge in [0.1, 0.15) is 0 Å². The van der Waals surface area contributed by atoms with E-state index < -0.39 is 10.0 Å². The lowest BCUT2D eigenvalue weighted by Crippen LogP contribution is -2.39. The molecule has 1 saturated heterocycles. The van der Waals surface area contributed by atoms with Gasteiger partial charge in [0.15, 0.2) is 5.78 Å². The van der Waals surface area contributed by atoms with E-state index in [-0.39, 0.29) is 23.1 Å². The topological polar surface area (TPSA) is 74.8 Å². The fourth-order valence-electron chi connectivity index (χ4n) is 2.38. The lowest BCUT2D eigenvalue weighted by molar-refractivity contribution is -0.130. The molecule has 22 heavy (non-hydrogen) atoms. The van der Waals surface area contributed by atoms with Gasteiger partial charge in [0.2, 0.25) is 15.9 Å². The standard InChI is InChI=1S/C15H20N2O4S/c1-12(18)13-5-7-14(8-6-13)22(20,21)16(2)11-15(19)17-9-3-4-10-17/h5-8H,3-4,9-11H2,1-2H3. The van der Waals surface area contributed by atoms with Crippen molar-refractivity contribution < 1.29 is 18.0 Å². The van der Waals surface area contributed by atoms with Gasteiger partial charge in [-0.3, -0.25) is 9.59 Å². The van der Waals surface area contributed by atoms with Gasteiger partial charge in [0.25, 0.3) is 0 Å². The van der Waals surface area contributed by atoms with Gasteiger partial charge < -0.3 is 4.90 Å². The quantitative estimate of drug-likeness (QED) is 0.761. The molecule has 1 aromatic carbocycles. The van der Waals surface area contributed by atoms with E-state index in [4.69, 9.17) is 0 Å². The van der Waals surface area contributed by atoms with E-state index in [1.807, 2.05) is 0 Å². The molecule has 0 spiro atoms. The lowest BCUT2D eigenvalue weighted by atomic mass is 10.2. The summed E-state index contributed by atoms with van der Waals surface area (Å²) in [6.07, 6.45) is 1.93. The van der Waals surface area contributed by atoms with Crippen LogP contribution in [0.2, 0.25) is 0 Å². The maximum atomic E-state index is 12.4. The zero-order valence-corrected chi connectivity index (χ0v) is 13.6. The minimum Gasteiger partial charge on any atom is -0.342 e. The molecule has 0 atom stereocenters. The average Bonchev–Trinajstić information content (AvgIpc) is 3.01. The van der Waals surface area contributed by atoms with Crippen molar-refractivity contribution in [2.45, 2.75) is 24.7 Å². The van der Waals surface area contributed by atoms with Gasteiger partial charge in [-0.1, -0.05) is 12.1 Å². The molecule has 1 heterocycles. The summed E-state index contributed by atoms with van der Waals surface area (Å²) in [7, 11) is -2.34. The first-order valence-electron chi connectivity index (χ1n) is 7.17. The normalized spacial score (nSPS) is 15.3. The molecular formula is C15H20N2O4S. The molecule has 0 N–H and O–H groups in total. The minimum atomic E-state index is -3.73. The molecular weight excluding hydrogens is 304 g/mol. The van der Waals surface area contributed by atoms with E-state index in [0.29, 0.717) is 18.7 Å². The van der Waals surface area contributed by atoms with Crippen LogP contribution in [0.15, 0.2) is 29.2 Å². The van der Waals surface area contributed by atoms with E-state index in [1.165, 1.54) is 38.2 Å². The van der Waals surface area contributed by atoms with Crippen molar-refractivity contribution in [1.29, 1.82) is 0 Å². The molecule has 0 radical (unpaired) electrons. The van der Waals surface area contributed by atoms with Crippen molar-refractivity contribution >= 4 is 21.7 Å². The van der Waals surface area contributed by atoms with Gasteiger partial charge in [-0.2, -0.15) is 4.31 Å². The Morgan fingerprint density at radius 1 is 1.14 bits per heavy atom.